The van der Waals surface area contributed by atoms with E-state index in [0.29, 0.717) is 35.4 Å². The lowest BCUT2D eigenvalue weighted by Gasteiger charge is -2.54. The molecule has 0 amide bonds. The van der Waals surface area contributed by atoms with Crippen LogP contribution in [-0.4, -0.2) is 19.5 Å². The van der Waals surface area contributed by atoms with Crippen LogP contribution in [0.5, 0.6) is 5.75 Å². The Bertz CT molecular complexity index is 880. The van der Waals surface area contributed by atoms with Gasteiger partial charge < -0.3 is 9.47 Å². The van der Waals surface area contributed by atoms with Crippen molar-refractivity contribution in [3.05, 3.63) is 53.3 Å². The zero-order valence-corrected chi connectivity index (χ0v) is 18.5. The molecule has 0 aliphatic heterocycles. The second-order valence-corrected chi connectivity index (χ2v) is 9.94. The molecule has 0 unspecified atom stereocenters. The Kier molecular flexibility index (Phi) is 5.03. The van der Waals surface area contributed by atoms with Crippen molar-refractivity contribution in [3.8, 4) is 5.75 Å². The van der Waals surface area contributed by atoms with E-state index >= 15 is 0 Å². The van der Waals surface area contributed by atoms with Crippen molar-refractivity contribution >= 4 is 5.78 Å². The Hall–Kier alpha value is -2.03. The topological polar surface area (TPSA) is 35.5 Å². The van der Waals surface area contributed by atoms with Crippen molar-refractivity contribution < 1.29 is 14.3 Å². The van der Waals surface area contributed by atoms with Crippen molar-refractivity contribution in [2.75, 3.05) is 13.7 Å². The van der Waals surface area contributed by atoms with Crippen LogP contribution in [0.15, 0.2) is 47.7 Å². The van der Waals surface area contributed by atoms with Crippen molar-refractivity contribution in [3.63, 3.8) is 0 Å². The molecule has 3 heteroatoms. The molecule has 0 saturated heterocycles. The highest BCUT2D eigenvalue weighted by molar-refractivity contribution is 5.87. The first-order valence-electron chi connectivity index (χ1n) is 11.8. The molecule has 0 N–H and O–H groups in total. The molecule has 160 valence electrons. The third kappa shape index (κ3) is 3.04. The number of Topliss-reactive ketones (excluding diaryl/α,β-unsaturated/α-hetero) is 1. The average Bonchev–Trinajstić information content (AvgIpc) is 3.07. The largest absolute Gasteiger partial charge is 0.498 e. The number of ketones is 1. The number of carbonyl (C=O) groups is 1. The van der Waals surface area contributed by atoms with Crippen LogP contribution in [0.1, 0.15) is 63.9 Å². The lowest BCUT2D eigenvalue weighted by atomic mass is 9.49. The summed E-state index contributed by atoms with van der Waals surface area (Å²) in [6.45, 7) is 5.08. The summed E-state index contributed by atoms with van der Waals surface area (Å²) in [5.74, 6) is 5.33. The standard InChI is InChI=1S/C27H34O3/c1-4-30-20-10-12-21-18(15-20)7-11-22-24-13-14-25(28)27(24,2)16-23(26(21)22)17-5-8-19(29-3)9-6-17/h5-9,15,21-24,26H,4,10-14,16H2,1-3H3/t21-,22-,23+,24-,26+,27-/m0/s1. The van der Waals surface area contributed by atoms with Gasteiger partial charge in [0.1, 0.15) is 11.5 Å². The van der Waals surface area contributed by atoms with Crippen molar-refractivity contribution in [2.45, 2.75) is 58.3 Å². The fourth-order valence-corrected chi connectivity index (χ4v) is 7.33. The van der Waals surface area contributed by atoms with Gasteiger partial charge >= 0.3 is 0 Å². The summed E-state index contributed by atoms with van der Waals surface area (Å²) in [6, 6.07) is 8.66. The SMILES string of the molecule is CCOC1=CC2=CC[C@@H]3[C@H]([C@@H](c4ccc(OC)cc4)C[C@]4(C)C(=O)CC[C@@H]34)[C@H]2CC1. The van der Waals surface area contributed by atoms with Crippen LogP contribution in [0, 0.1) is 29.1 Å². The molecule has 1 aromatic rings. The van der Waals surface area contributed by atoms with E-state index in [9.17, 15) is 4.79 Å². The van der Waals surface area contributed by atoms with Crippen LogP contribution in [0.4, 0.5) is 0 Å². The predicted molar refractivity (Wildman–Crippen MR) is 118 cm³/mol. The van der Waals surface area contributed by atoms with Crippen molar-refractivity contribution in [2.24, 2.45) is 29.1 Å². The lowest BCUT2D eigenvalue weighted by molar-refractivity contribution is -0.131. The number of hydrogen-bond acceptors (Lipinski definition) is 3. The molecular formula is C27H34O3. The summed E-state index contributed by atoms with van der Waals surface area (Å²) in [7, 11) is 1.72. The Morgan fingerprint density at radius 1 is 1.10 bits per heavy atom. The molecule has 2 saturated carbocycles. The second-order valence-electron chi connectivity index (χ2n) is 9.94. The Morgan fingerprint density at radius 2 is 1.90 bits per heavy atom. The zero-order valence-electron chi connectivity index (χ0n) is 18.5. The number of benzene rings is 1. The summed E-state index contributed by atoms with van der Waals surface area (Å²) in [6.07, 6.45) is 11.0. The molecule has 3 nitrogen and oxygen atoms in total. The van der Waals surface area contributed by atoms with E-state index in [-0.39, 0.29) is 5.41 Å². The van der Waals surface area contributed by atoms with Gasteiger partial charge in [-0.3, -0.25) is 4.79 Å². The third-order valence-electron chi connectivity index (χ3n) is 8.68. The third-order valence-corrected chi connectivity index (χ3v) is 8.68. The van der Waals surface area contributed by atoms with Crippen molar-refractivity contribution in [1.29, 1.82) is 0 Å². The first kappa shape index (κ1) is 19.9. The number of allylic oxidation sites excluding steroid dienone is 4. The van der Waals surface area contributed by atoms with Gasteiger partial charge in [0, 0.05) is 18.3 Å². The molecule has 2 fully saturated rings. The highest BCUT2D eigenvalue weighted by Gasteiger charge is 2.58. The predicted octanol–water partition coefficient (Wildman–Crippen LogP) is 6.06. The van der Waals surface area contributed by atoms with Crippen molar-refractivity contribution in [1.82, 2.24) is 0 Å². The van der Waals surface area contributed by atoms with Crippen LogP contribution < -0.4 is 4.74 Å². The first-order valence-corrected chi connectivity index (χ1v) is 11.8. The summed E-state index contributed by atoms with van der Waals surface area (Å²) in [5, 5.41) is 0. The van der Waals surface area contributed by atoms with Gasteiger partial charge in [-0.15, -0.1) is 0 Å². The van der Waals surface area contributed by atoms with E-state index in [1.807, 2.05) is 0 Å². The maximum atomic E-state index is 13.0. The smallest absolute Gasteiger partial charge is 0.139 e. The summed E-state index contributed by atoms with van der Waals surface area (Å²) < 4.78 is 11.3. The number of ether oxygens (including phenoxy) is 2. The second kappa shape index (κ2) is 7.59. The van der Waals surface area contributed by atoms with Crippen LogP contribution in [0.2, 0.25) is 0 Å². The molecule has 0 aromatic heterocycles. The highest BCUT2D eigenvalue weighted by atomic mass is 16.5. The Labute approximate surface area is 180 Å². The minimum atomic E-state index is -0.155. The summed E-state index contributed by atoms with van der Waals surface area (Å²) >= 11 is 0. The van der Waals surface area contributed by atoms with E-state index in [2.05, 4.69) is 50.3 Å². The van der Waals surface area contributed by atoms with Crippen LogP contribution in [0.3, 0.4) is 0 Å². The molecule has 0 heterocycles. The van der Waals surface area contributed by atoms with Gasteiger partial charge in [-0.25, -0.2) is 0 Å². The number of hydrogen-bond donors (Lipinski definition) is 0. The zero-order chi connectivity index (χ0) is 20.9. The molecule has 0 spiro atoms. The fraction of sp³-hybridized carbons (Fsp3) is 0.593. The van der Waals surface area contributed by atoms with E-state index in [0.717, 1.165) is 50.2 Å². The lowest BCUT2D eigenvalue weighted by Crippen LogP contribution is -2.49. The van der Waals surface area contributed by atoms with E-state index in [1.165, 1.54) is 17.6 Å². The van der Waals surface area contributed by atoms with E-state index < -0.39 is 0 Å². The molecule has 5 rings (SSSR count). The maximum Gasteiger partial charge on any atom is 0.139 e. The molecule has 6 atom stereocenters. The molecule has 4 aliphatic carbocycles. The van der Waals surface area contributed by atoms with Gasteiger partial charge in [0.25, 0.3) is 0 Å². The van der Waals surface area contributed by atoms with Gasteiger partial charge in [-0.2, -0.15) is 0 Å². The monoisotopic (exact) mass is 406 g/mol. The Balaban J connectivity index is 1.56. The van der Waals surface area contributed by atoms with Gasteiger partial charge in [0.2, 0.25) is 0 Å². The van der Waals surface area contributed by atoms with Crippen LogP contribution in [0.25, 0.3) is 0 Å². The van der Waals surface area contributed by atoms with Gasteiger partial charge in [0.05, 0.1) is 19.5 Å². The number of fused-ring (bicyclic) bond motifs is 5. The quantitative estimate of drug-likeness (QED) is 0.609. The molecule has 0 bridgehead atoms. The Morgan fingerprint density at radius 3 is 2.63 bits per heavy atom. The summed E-state index contributed by atoms with van der Waals surface area (Å²) in [5.41, 5.74) is 2.71. The molecule has 1 aromatic carbocycles. The number of carbonyl (C=O) groups excluding carboxylic acids is 1. The molecule has 0 radical (unpaired) electrons. The number of methoxy groups -OCH3 is 1. The molecular weight excluding hydrogens is 372 g/mol. The number of rotatable bonds is 4. The maximum absolute atomic E-state index is 13.0. The van der Waals surface area contributed by atoms with Crippen LogP contribution >= 0.6 is 0 Å². The normalized spacial score (nSPS) is 37.4. The average molecular weight is 407 g/mol. The molecule has 30 heavy (non-hydrogen) atoms. The van der Waals surface area contributed by atoms with E-state index in [1.54, 1.807) is 7.11 Å². The van der Waals surface area contributed by atoms with Gasteiger partial charge in [-0.1, -0.05) is 25.1 Å². The minimum absolute atomic E-state index is 0.155. The van der Waals surface area contributed by atoms with Crippen LogP contribution in [-0.2, 0) is 9.53 Å². The minimum Gasteiger partial charge on any atom is -0.498 e. The first-order chi connectivity index (χ1) is 14.5. The van der Waals surface area contributed by atoms with Gasteiger partial charge in [-0.05, 0) is 91.5 Å². The fourth-order valence-electron chi connectivity index (χ4n) is 7.33. The summed E-state index contributed by atoms with van der Waals surface area (Å²) in [4.78, 5) is 13.0. The highest BCUT2D eigenvalue weighted by Crippen LogP contribution is 2.64. The van der Waals surface area contributed by atoms with E-state index in [4.69, 9.17) is 9.47 Å². The molecule has 4 aliphatic rings. The van der Waals surface area contributed by atoms with Gasteiger partial charge in [0.15, 0.2) is 0 Å².